The van der Waals surface area contributed by atoms with Gasteiger partial charge >= 0.3 is 0 Å². The predicted molar refractivity (Wildman–Crippen MR) is 66.7 cm³/mol. The lowest BCUT2D eigenvalue weighted by atomic mass is 10.1. The van der Waals surface area contributed by atoms with Gasteiger partial charge < -0.3 is 15.2 Å². The first-order valence-corrected chi connectivity index (χ1v) is 5.71. The molecule has 1 atom stereocenters. The second kappa shape index (κ2) is 7.66. The van der Waals surface area contributed by atoms with Gasteiger partial charge in [0.2, 0.25) is 0 Å². The number of nitriles is 1. The van der Waals surface area contributed by atoms with Crippen molar-refractivity contribution in [1.82, 2.24) is 0 Å². The summed E-state index contributed by atoms with van der Waals surface area (Å²) < 4.78 is 5.11. The number of anilines is 1. The summed E-state index contributed by atoms with van der Waals surface area (Å²) in [5.74, 6) is 0. The molecule has 0 bridgehead atoms. The molecule has 1 aromatic rings. The second-order valence-corrected chi connectivity index (χ2v) is 3.73. The third-order valence-electron chi connectivity index (χ3n) is 2.29. The van der Waals surface area contributed by atoms with Gasteiger partial charge in [0, 0.05) is 18.8 Å². The van der Waals surface area contributed by atoms with Crippen molar-refractivity contribution in [2.75, 3.05) is 25.1 Å². The minimum atomic E-state index is -0.506. The zero-order valence-electron chi connectivity index (χ0n) is 10.0. The Morgan fingerprint density at radius 3 is 2.71 bits per heavy atom. The van der Waals surface area contributed by atoms with Crippen LogP contribution in [0.15, 0.2) is 24.3 Å². The molecule has 0 saturated carbocycles. The molecule has 1 aromatic carbocycles. The van der Waals surface area contributed by atoms with E-state index in [0.29, 0.717) is 26.2 Å². The number of aliphatic hydroxyl groups is 1. The molecule has 1 rings (SSSR count). The van der Waals surface area contributed by atoms with E-state index < -0.39 is 6.10 Å². The minimum absolute atomic E-state index is 0.343. The number of hydrogen-bond donors (Lipinski definition) is 2. The number of rotatable bonds is 7. The first-order chi connectivity index (χ1) is 8.26. The van der Waals surface area contributed by atoms with Crippen molar-refractivity contribution in [3.8, 4) is 6.07 Å². The highest BCUT2D eigenvalue weighted by Crippen LogP contribution is 2.09. The molecule has 17 heavy (non-hydrogen) atoms. The molecule has 0 aliphatic carbocycles. The Kier molecular flexibility index (Phi) is 6.08. The molecule has 4 heteroatoms. The third kappa shape index (κ3) is 5.34. The van der Waals surface area contributed by atoms with Gasteiger partial charge in [0.05, 0.1) is 25.2 Å². The number of ether oxygens (including phenoxy) is 1. The number of nitrogens with one attached hydrogen (secondary N) is 1. The average Bonchev–Trinajstić information content (AvgIpc) is 2.36. The van der Waals surface area contributed by atoms with Crippen molar-refractivity contribution in [3.05, 3.63) is 29.8 Å². The van der Waals surface area contributed by atoms with Gasteiger partial charge in [0.15, 0.2) is 0 Å². The van der Waals surface area contributed by atoms with Crippen molar-refractivity contribution < 1.29 is 9.84 Å². The first-order valence-electron chi connectivity index (χ1n) is 5.71. The van der Waals surface area contributed by atoms with E-state index in [1.54, 1.807) is 0 Å². The van der Waals surface area contributed by atoms with E-state index in [0.717, 1.165) is 11.3 Å². The zero-order valence-corrected chi connectivity index (χ0v) is 10.0. The summed E-state index contributed by atoms with van der Waals surface area (Å²) in [6, 6.07) is 9.71. The predicted octanol–water partition coefficient (Wildman–Crippen LogP) is 1.56. The number of benzene rings is 1. The van der Waals surface area contributed by atoms with Gasteiger partial charge in [-0.1, -0.05) is 12.1 Å². The summed E-state index contributed by atoms with van der Waals surface area (Å²) in [6.07, 6.45) is -0.0819. The maximum absolute atomic E-state index is 9.55. The standard InChI is InChI=1S/C13H18N2O2/c1-2-17-10-13(16)9-15-12-5-3-11(4-6-12)7-8-14/h3-6,13,15-16H,2,7,9-10H2,1H3. The highest BCUT2D eigenvalue weighted by molar-refractivity contribution is 5.45. The van der Waals surface area contributed by atoms with Gasteiger partial charge in [-0.2, -0.15) is 5.26 Å². The molecule has 0 radical (unpaired) electrons. The van der Waals surface area contributed by atoms with E-state index in [4.69, 9.17) is 10.00 Å². The molecule has 0 saturated heterocycles. The van der Waals surface area contributed by atoms with Crippen molar-refractivity contribution in [1.29, 1.82) is 5.26 Å². The molecule has 0 spiro atoms. The van der Waals surface area contributed by atoms with Gasteiger partial charge in [-0.05, 0) is 24.6 Å². The van der Waals surface area contributed by atoms with E-state index in [2.05, 4.69) is 11.4 Å². The quantitative estimate of drug-likeness (QED) is 0.751. The lowest BCUT2D eigenvalue weighted by Gasteiger charge is -2.12. The molecule has 2 N–H and O–H groups in total. The molecular formula is C13H18N2O2. The van der Waals surface area contributed by atoms with Crippen molar-refractivity contribution in [3.63, 3.8) is 0 Å². The van der Waals surface area contributed by atoms with Crippen molar-refractivity contribution in [2.24, 2.45) is 0 Å². The van der Waals surface area contributed by atoms with Crippen LogP contribution in [0.3, 0.4) is 0 Å². The van der Waals surface area contributed by atoms with Crippen LogP contribution in [0.2, 0.25) is 0 Å². The molecule has 0 amide bonds. The van der Waals surface area contributed by atoms with Crippen LogP contribution in [0.1, 0.15) is 12.5 Å². The summed E-state index contributed by atoms with van der Waals surface area (Å²) in [5, 5.41) is 21.2. The van der Waals surface area contributed by atoms with Gasteiger partial charge in [-0.25, -0.2) is 0 Å². The molecule has 0 fully saturated rings. The number of aliphatic hydroxyl groups excluding tert-OH is 1. The van der Waals surface area contributed by atoms with Gasteiger partial charge in [-0.15, -0.1) is 0 Å². The smallest absolute Gasteiger partial charge is 0.0945 e. The van der Waals surface area contributed by atoms with E-state index >= 15 is 0 Å². The Labute approximate surface area is 102 Å². The van der Waals surface area contributed by atoms with Crippen molar-refractivity contribution >= 4 is 5.69 Å². The first kappa shape index (κ1) is 13.5. The highest BCUT2D eigenvalue weighted by atomic mass is 16.5. The lowest BCUT2D eigenvalue weighted by Crippen LogP contribution is -2.24. The fourth-order valence-electron chi connectivity index (χ4n) is 1.38. The van der Waals surface area contributed by atoms with Crippen molar-refractivity contribution in [2.45, 2.75) is 19.4 Å². The average molecular weight is 234 g/mol. The summed E-state index contributed by atoms with van der Waals surface area (Å²) >= 11 is 0. The van der Waals surface area contributed by atoms with Crippen LogP contribution in [-0.2, 0) is 11.2 Å². The summed E-state index contributed by atoms with van der Waals surface area (Å²) in [5.41, 5.74) is 1.93. The molecule has 1 unspecified atom stereocenters. The van der Waals surface area contributed by atoms with E-state index in [9.17, 15) is 5.11 Å². The largest absolute Gasteiger partial charge is 0.389 e. The fraction of sp³-hybridized carbons (Fsp3) is 0.462. The maximum atomic E-state index is 9.55. The van der Waals surface area contributed by atoms with Gasteiger partial charge in [0.1, 0.15) is 0 Å². The SMILES string of the molecule is CCOCC(O)CNc1ccc(CC#N)cc1. The summed E-state index contributed by atoms with van der Waals surface area (Å²) in [4.78, 5) is 0. The Bertz CT molecular complexity index is 357. The van der Waals surface area contributed by atoms with Gasteiger partial charge in [0.25, 0.3) is 0 Å². The summed E-state index contributed by atoms with van der Waals surface area (Å²) in [6.45, 7) is 3.31. The number of nitrogens with zero attached hydrogens (tertiary/aromatic N) is 1. The van der Waals surface area contributed by atoms with Gasteiger partial charge in [-0.3, -0.25) is 0 Å². The number of hydrogen-bond acceptors (Lipinski definition) is 4. The molecule has 0 aliphatic rings. The third-order valence-corrected chi connectivity index (χ3v) is 2.29. The maximum Gasteiger partial charge on any atom is 0.0945 e. The molecular weight excluding hydrogens is 216 g/mol. The fourth-order valence-corrected chi connectivity index (χ4v) is 1.38. The molecule has 0 aromatic heterocycles. The second-order valence-electron chi connectivity index (χ2n) is 3.73. The topological polar surface area (TPSA) is 65.3 Å². The molecule has 4 nitrogen and oxygen atoms in total. The normalized spacial score (nSPS) is 11.8. The van der Waals surface area contributed by atoms with Crippen LogP contribution in [-0.4, -0.2) is 31.0 Å². The van der Waals surface area contributed by atoms with Crippen LogP contribution in [0.25, 0.3) is 0 Å². The van der Waals surface area contributed by atoms with Crippen LogP contribution in [0.5, 0.6) is 0 Å². The van der Waals surface area contributed by atoms with E-state index in [-0.39, 0.29) is 0 Å². The lowest BCUT2D eigenvalue weighted by molar-refractivity contribution is 0.0496. The Morgan fingerprint density at radius 2 is 2.12 bits per heavy atom. The van der Waals surface area contributed by atoms with Crippen LogP contribution >= 0.6 is 0 Å². The van der Waals surface area contributed by atoms with Crippen LogP contribution in [0.4, 0.5) is 5.69 Å². The van der Waals surface area contributed by atoms with E-state index in [1.807, 2.05) is 31.2 Å². The minimum Gasteiger partial charge on any atom is -0.389 e. The Balaban J connectivity index is 2.34. The monoisotopic (exact) mass is 234 g/mol. The molecule has 0 heterocycles. The highest BCUT2D eigenvalue weighted by Gasteiger charge is 2.03. The van der Waals surface area contributed by atoms with E-state index in [1.165, 1.54) is 0 Å². The zero-order chi connectivity index (χ0) is 12.5. The Morgan fingerprint density at radius 1 is 1.41 bits per heavy atom. The Hall–Kier alpha value is -1.57. The molecule has 0 aliphatic heterocycles. The molecule has 92 valence electrons. The van der Waals surface area contributed by atoms with Crippen LogP contribution < -0.4 is 5.32 Å². The van der Waals surface area contributed by atoms with Crippen LogP contribution in [0, 0.1) is 11.3 Å². The summed E-state index contributed by atoms with van der Waals surface area (Å²) in [7, 11) is 0.